The fraction of sp³-hybridized carbons (Fsp3) is 0. The molecular formula is C58H31N5O3. The molecule has 0 saturated heterocycles. The molecule has 16 aromatic rings. The lowest BCUT2D eigenvalue weighted by Gasteiger charge is -2.17. The van der Waals surface area contributed by atoms with Gasteiger partial charge in [-0.3, -0.25) is 9.13 Å². The topological polar surface area (TPSA) is 80.0 Å². The average Bonchev–Trinajstić information content (AvgIpc) is 4.21. The molecule has 9 aromatic carbocycles. The summed E-state index contributed by atoms with van der Waals surface area (Å²) >= 11 is 0. The summed E-state index contributed by atoms with van der Waals surface area (Å²) < 4.78 is 26.4. The minimum atomic E-state index is 0.692. The van der Waals surface area contributed by atoms with Crippen LogP contribution in [0.15, 0.2) is 201 Å². The third-order valence-electron chi connectivity index (χ3n) is 13.9. The maximum Gasteiger partial charge on any atom is 0.184 e. The Morgan fingerprint density at radius 2 is 0.621 bits per heavy atom. The van der Waals surface area contributed by atoms with Gasteiger partial charge in [-0.15, -0.1) is 10.2 Å². The van der Waals surface area contributed by atoms with Crippen molar-refractivity contribution in [1.82, 2.24) is 23.9 Å². The highest BCUT2D eigenvalue weighted by atomic mass is 16.3. The highest BCUT2D eigenvalue weighted by Gasteiger charge is 2.26. The fourth-order valence-corrected chi connectivity index (χ4v) is 11.1. The van der Waals surface area contributed by atoms with E-state index in [0.717, 1.165) is 137 Å². The van der Waals surface area contributed by atoms with Gasteiger partial charge in [-0.2, -0.15) is 0 Å². The SMILES string of the molecule is c1ccc2c(c1)oc1cc3c4ccccc4n(-c4cc(-n5c6ccccc6c6cc7oc8ccccc8c7cc65)c(-n5c6ccccc6c6cc7oc8ccccc8c7cc65)nn4)c3cc12. The smallest absolute Gasteiger partial charge is 0.184 e. The van der Waals surface area contributed by atoms with Crippen molar-refractivity contribution in [2.24, 2.45) is 0 Å². The summed E-state index contributed by atoms with van der Waals surface area (Å²) in [6, 6.07) is 66.1. The van der Waals surface area contributed by atoms with Crippen molar-refractivity contribution in [3.8, 4) is 17.3 Å². The molecule has 0 aliphatic heterocycles. The van der Waals surface area contributed by atoms with E-state index >= 15 is 0 Å². The molecule has 0 spiro atoms. The third kappa shape index (κ3) is 4.41. The Balaban J connectivity index is 1.07. The second kappa shape index (κ2) is 12.3. The minimum absolute atomic E-state index is 0.692. The molecule has 306 valence electrons. The molecule has 0 radical (unpaired) electrons. The number of nitrogens with zero attached hydrogens (tertiary/aromatic N) is 5. The van der Waals surface area contributed by atoms with E-state index in [-0.39, 0.29) is 0 Å². The summed E-state index contributed by atoms with van der Waals surface area (Å²) in [5.41, 5.74) is 12.1. The van der Waals surface area contributed by atoms with Gasteiger partial charge in [-0.05, 0) is 72.8 Å². The fourth-order valence-electron chi connectivity index (χ4n) is 11.1. The van der Waals surface area contributed by atoms with E-state index in [0.29, 0.717) is 11.6 Å². The lowest BCUT2D eigenvalue weighted by atomic mass is 10.1. The van der Waals surface area contributed by atoms with Crippen LogP contribution in [-0.2, 0) is 0 Å². The maximum atomic E-state index is 6.51. The number of hydrogen-bond donors (Lipinski definition) is 0. The van der Waals surface area contributed by atoms with Gasteiger partial charge in [0, 0.05) is 70.7 Å². The van der Waals surface area contributed by atoms with Crippen LogP contribution in [-0.4, -0.2) is 23.9 Å². The van der Waals surface area contributed by atoms with E-state index in [1.165, 1.54) is 0 Å². The van der Waals surface area contributed by atoms with Gasteiger partial charge in [-0.1, -0.05) is 109 Å². The summed E-state index contributed by atoms with van der Waals surface area (Å²) in [5, 5.41) is 23.6. The molecule has 0 fully saturated rings. The first-order valence-electron chi connectivity index (χ1n) is 22.1. The van der Waals surface area contributed by atoms with Crippen molar-refractivity contribution >= 4 is 131 Å². The van der Waals surface area contributed by atoms with Crippen LogP contribution in [0.2, 0.25) is 0 Å². The molecule has 0 aliphatic carbocycles. The second-order valence-corrected chi connectivity index (χ2v) is 17.4. The van der Waals surface area contributed by atoms with E-state index < -0.39 is 0 Å². The first kappa shape index (κ1) is 34.4. The molecule has 0 saturated carbocycles. The van der Waals surface area contributed by atoms with Crippen molar-refractivity contribution in [1.29, 1.82) is 0 Å². The Hall–Kier alpha value is -9.14. The minimum Gasteiger partial charge on any atom is -0.456 e. The number of aromatic nitrogens is 5. The van der Waals surface area contributed by atoms with Gasteiger partial charge < -0.3 is 17.8 Å². The van der Waals surface area contributed by atoms with E-state index in [2.05, 4.69) is 165 Å². The van der Waals surface area contributed by atoms with Crippen LogP contribution in [0.5, 0.6) is 0 Å². The Bertz CT molecular complexity index is 4780. The molecule has 0 amide bonds. The van der Waals surface area contributed by atoms with Crippen LogP contribution in [0.3, 0.4) is 0 Å². The normalized spacial score (nSPS) is 12.5. The van der Waals surface area contributed by atoms with Crippen molar-refractivity contribution in [3.05, 3.63) is 188 Å². The largest absolute Gasteiger partial charge is 0.456 e. The zero-order valence-electron chi connectivity index (χ0n) is 34.9. The van der Waals surface area contributed by atoms with Crippen LogP contribution >= 0.6 is 0 Å². The molecule has 0 unspecified atom stereocenters. The van der Waals surface area contributed by atoms with Crippen LogP contribution in [0.25, 0.3) is 149 Å². The zero-order chi connectivity index (χ0) is 42.8. The van der Waals surface area contributed by atoms with Crippen molar-refractivity contribution in [3.63, 3.8) is 0 Å². The Labute approximate surface area is 372 Å². The van der Waals surface area contributed by atoms with Gasteiger partial charge in [0.25, 0.3) is 0 Å². The molecule has 8 heteroatoms. The molecule has 7 aromatic heterocycles. The zero-order valence-corrected chi connectivity index (χ0v) is 34.9. The number of hydrogen-bond acceptors (Lipinski definition) is 5. The van der Waals surface area contributed by atoms with Crippen LogP contribution in [0.1, 0.15) is 0 Å². The van der Waals surface area contributed by atoms with Crippen LogP contribution < -0.4 is 0 Å². The van der Waals surface area contributed by atoms with Gasteiger partial charge in [0.05, 0.1) is 38.8 Å². The van der Waals surface area contributed by atoms with Crippen molar-refractivity contribution in [2.45, 2.75) is 0 Å². The predicted octanol–water partition coefficient (Wildman–Crippen LogP) is 15.5. The number of furan rings is 3. The summed E-state index contributed by atoms with van der Waals surface area (Å²) in [4.78, 5) is 0. The summed E-state index contributed by atoms with van der Waals surface area (Å²) in [6.07, 6.45) is 0. The molecule has 0 atom stereocenters. The van der Waals surface area contributed by atoms with Gasteiger partial charge in [-0.25, -0.2) is 0 Å². The highest BCUT2D eigenvalue weighted by molar-refractivity contribution is 6.20. The van der Waals surface area contributed by atoms with Gasteiger partial charge in [0.15, 0.2) is 11.6 Å². The first-order valence-corrected chi connectivity index (χ1v) is 22.1. The van der Waals surface area contributed by atoms with Gasteiger partial charge in [0.1, 0.15) is 33.5 Å². The number of rotatable bonds is 3. The standard InChI is InChI=1S/C58H31N5O3/c1-7-19-44-32(13-1)38-28-54-41(35-16-4-10-22-51(35)64-54)25-47(38)61(44)50-31-57(62-45-20-8-2-14-33(45)39-29-55-42(26-48(39)62)36-17-5-11-23-52(36)65-55)59-60-58(50)63-46-21-9-3-15-34(46)40-30-56-43(27-49(40)63)37-18-6-12-24-53(37)66-56/h1-31H. The first-order chi connectivity index (χ1) is 32.7. The van der Waals surface area contributed by atoms with Gasteiger partial charge >= 0.3 is 0 Å². The number of benzene rings is 9. The summed E-state index contributed by atoms with van der Waals surface area (Å²) in [7, 11) is 0. The molecule has 0 bridgehead atoms. The Morgan fingerprint density at radius 1 is 0.258 bits per heavy atom. The summed E-state index contributed by atoms with van der Waals surface area (Å²) in [5.74, 6) is 1.39. The van der Waals surface area contributed by atoms with Crippen molar-refractivity contribution in [2.75, 3.05) is 0 Å². The molecule has 8 nitrogen and oxygen atoms in total. The number of fused-ring (bicyclic) bond motifs is 18. The van der Waals surface area contributed by atoms with Crippen LogP contribution in [0.4, 0.5) is 0 Å². The number of para-hydroxylation sites is 6. The lowest BCUT2D eigenvalue weighted by molar-refractivity contribution is 0.669. The molecular weight excluding hydrogens is 815 g/mol. The lowest BCUT2D eigenvalue weighted by Crippen LogP contribution is -2.10. The molecule has 0 N–H and O–H groups in total. The molecule has 7 heterocycles. The molecule has 16 rings (SSSR count). The Morgan fingerprint density at radius 3 is 1.09 bits per heavy atom. The van der Waals surface area contributed by atoms with Crippen LogP contribution in [0, 0.1) is 0 Å². The Kier molecular flexibility index (Phi) is 6.41. The molecule has 66 heavy (non-hydrogen) atoms. The average molecular weight is 846 g/mol. The second-order valence-electron chi connectivity index (χ2n) is 17.4. The monoisotopic (exact) mass is 845 g/mol. The predicted molar refractivity (Wildman–Crippen MR) is 267 cm³/mol. The van der Waals surface area contributed by atoms with E-state index in [9.17, 15) is 0 Å². The van der Waals surface area contributed by atoms with E-state index in [1.54, 1.807) is 0 Å². The maximum absolute atomic E-state index is 6.51. The molecule has 0 aliphatic rings. The quantitative estimate of drug-likeness (QED) is 0.177. The highest BCUT2D eigenvalue weighted by Crippen LogP contribution is 2.44. The van der Waals surface area contributed by atoms with E-state index in [1.807, 2.05) is 36.4 Å². The summed E-state index contributed by atoms with van der Waals surface area (Å²) in [6.45, 7) is 0. The third-order valence-corrected chi connectivity index (χ3v) is 13.9. The van der Waals surface area contributed by atoms with Gasteiger partial charge in [0.2, 0.25) is 0 Å². The van der Waals surface area contributed by atoms with Crippen molar-refractivity contribution < 1.29 is 13.3 Å². The van der Waals surface area contributed by atoms with E-state index in [4.69, 9.17) is 23.4 Å².